The highest BCUT2D eigenvalue weighted by Gasteiger charge is 2.26. The number of carbonyl (C=O) groups excluding carboxylic acids is 1. The fourth-order valence-electron chi connectivity index (χ4n) is 2.01. The minimum absolute atomic E-state index is 0.199. The van der Waals surface area contributed by atoms with Gasteiger partial charge in [0.25, 0.3) is 0 Å². The highest BCUT2D eigenvalue weighted by molar-refractivity contribution is 7.80. The van der Waals surface area contributed by atoms with Crippen LogP contribution in [-0.2, 0) is 11.2 Å². The van der Waals surface area contributed by atoms with Crippen molar-refractivity contribution in [1.82, 2.24) is 0 Å². The molecule has 4 heteroatoms. The van der Waals surface area contributed by atoms with E-state index in [-0.39, 0.29) is 5.91 Å². The monoisotopic (exact) mass is 236 g/mol. The Morgan fingerprint density at radius 1 is 1.50 bits per heavy atom. The van der Waals surface area contributed by atoms with Crippen LogP contribution in [0.3, 0.4) is 0 Å². The van der Waals surface area contributed by atoms with E-state index in [2.05, 4.69) is 17.9 Å². The number of benzene rings is 1. The standard InChI is InChI=1S/C12H16N2OS/c1-13-10-3-4-11-9(7-10)8-12(15)14(11)5-2-6-16/h3-4,7,13,16H,2,5-6,8H2,1H3. The zero-order chi connectivity index (χ0) is 11.5. The molecule has 3 nitrogen and oxygen atoms in total. The van der Waals surface area contributed by atoms with Crippen LogP contribution in [0.4, 0.5) is 11.4 Å². The summed E-state index contributed by atoms with van der Waals surface area (Å²) in [5.74, 6) is 1.01. The zero-order valence-electron chi connectivity index (χ0n) is 9.36. The Hall–Kier alpha value is -1.16. The van der Waals surface area contributed by atoms with Crippen molar-refractivity contribution >= 4 is 29.9 Å². The van der Waals surface area contributed by atoms with Gasteiger partial charge in [-0.15, -0.1) is 0 Å². The molecule has 1 aliphatic rings. The number of thiol groups is 1. The molecule has 0 saturated carbocycles. The molecular formula is C12H16N2OS. The summed E-state index contributed by atoms with van der Waals surface area (Å²) in [4.78, 5) is 13.7. The van der Waals surface area contributed by atoms with E-state index in [0.29, 0.717) is 6.42 Å². The molecule has 0 saturated heterocycles. The van der Waals surface area contributed by atoms with Crippen molar-refractivity contribution in [1.29, 1.82) is 0 Å². The van der Waals surface area contributed by atoms with Crippen LogP contribution in [0.2, 0.25) is 0 Å². The molecule has 1 aromatic rings. The fraction of sp³-hybridized carbons (Fsp3) is 0.417. The molecular weight excluding hydrogens is 220 g/mol. The van der Waals surface area contributed by atoms with Crippen molar-refractivity contribution in [2.24, 2.45) is 0 Å². The summed E-state index contributed by atoms with van der Waals surface area (Å²) in [6.07, 6.45) is 1.46. The number of anilines is 2. The molecule has 1 N–H and O–H groups in total. The second-order valence-electron chi connectivity index (χ2n) is 3.89. The highest BCUT2D eigenvalue weighted by atomic mass is 32.1. The minimum atomic E-state index is 0.199. The normalized spacial score (nSPS) is 14.1. The Balaban J connectivity index is 2.24. The summed E-state index contributed by atoms with van der Waals surface area (Å²) < 4.78 is 0. The van der Waals surface area contributed by atoms with Gasteiger partial charge in [0.05, 0.1) is 6.42 Å². The van der Waals surface area contributed by atoms with Crippen molar-refractivity contribution in [3.8, 4) is 0 Å². The summed E-state index contributed by atoms with van der Waals surface area (Å²) in [5.41, 5.74) is 3.24. The maximum atomic E-state index is 11.8. The predicted octanol–water partition coefficient (Wildman–Crippen LogP) is 1.94. The molecule has 86 valence electrons. The maximum absolute atomic E-state index is 11.8. The molecule has 0 bridgehead atoms. The zero-order valence-corrected chi connectivity index (χ0v) is 10.3. The highest BCUT2D eigenvalue weighted by Crippen LogP contribution is 2.31. The van der Waals surface area contributed by atoms with E-state index in [1.54, 1.807) is 0 Å². The van der Waals surface area contributed by atoms with Crippen LogP contribution in [0.5, 0.6) is 0 Å². The van der Waals surface area contributed by atoms with E-state index >= 15 is 0 Å². The summed E-state index contributed by atoms with van der Waals surface area (Å²) in [6.45, 7) is 0.772. The third-order valence-corrected chi connectivity index (χ3v) is 3.16. The third kappa shape index (κ3) is 2.02. The number of fused-ring (bicyclic) bond motifs is 1. The van der Waals surface area contributed by atoms with Gasteiger partial charge in [-0.05, 0) is 35.9 Å². The maximum Gasteiger partial charge on any atom is 0.231 e. The Morgan fingerprint density at radius 2 is 2.31 bits per heavy atom. The van der Waals surface area contributed by atoms with E-state index in [4.69, 9.17) is 0 Å². The first kappa shape index (κ1) is 11.3. The number of amides is 1. The lowest BCUT2D eigenvalue weighted by atomic mass is 10.1. The summed E-state index contributed by atoms with van der Waals surface area (Å²) in [7, 11) is 1.89. The topological polar surface area (TPSA) is 32.3 Å². The van der Waals surface area contributed by atoms with Crippen LogP contribution in [0.25, 0.3) is 0 Å². The fourth-order valence-corrected chi connectivity index (χ4v) is 2.15. The second kappa shape index (κ2) is 4.78. The van der Waals surface area contributed by atoms with Crippen LogP contribution in [-0.4, -0.2) is 25.3 Å². The number of hydrogen-bond donors (Lipinski definition) is 2. The molecule has 0 unspecified atom stereocenters. The van der Waals surface area contributed by atoms with Gasteiger partial charge >= 0.3 is 0 Å². The average Bonchev–Trinajstić information content (AvgIpc) is 2.61. The summed E-state index contributed by atoms with van der Waals surface area (Å²) in [5, 5.41) is 3.09. The molecule has 1 amide bonds. The Morgan fingerprint density at radius 3 is 3.00 bits per heavy atom. The second-order valence-corrected chi connectivity index (χ2v) is 4.34. The Kier molecular flexibility index (Phi) is 3.39. The molecule has 1 aromatic carbocycles. The van der Waals surface area contributed by atoms with E-state index in [0.717, 1.165) is 35.7 Å². The van der Waals surface area contributed by atoms with Crippen LogP contribution in [0.1, 0.15) is 12.0 Å². The van der Waals surface area contributed by atoms with Crippen LogP contribution in [0.15, 0.2) is 18.2 Å². The number of nitrogens with zero attached hydrogens (tertiary/aromatic N) is 1. The smallest absolute Gasteiger partial charge is 0.231 e. The number of carbonyl (C=O) groups is 1. The quantitative estimate of drug-likeness (QED) is 0.783. The first-order chi connectivity index (χ1) is 7.76. The lowest BCUT2D eigenvalue weighted by Crippen LogP contribution is -2.27. The SMILES string of the molecule is CNc1ccc2c(c1)CC(=O)N2CCCS. The molecule has 1 heterocycles. The van der Waals surface area contributed by atoms with Gasteiger partial charge in [0.1, 0.15) is 0 Å². The minimum Gasteiger partial charge on any atom is -0.388 e. The van der Waals surface area contributed by atoms with Crippen molar-refractivity contribution in [3.05, 3.63) is 23.8 Å². The van der Waals surface area contributed by atoms with E-state index in [1.807, 2.05) is 30.1 Å². The van der Waals surface area contributed by atoms with Crippen LogP contribution in [0, 0.1) is 0 Å². The molecule has 16 heavy (non-hydrogen) atoms. The molecule has 0 fully saturated rings. The predicted molar refractivity (Wildman–Crippen MR) is 70.5 cm³/mol. The first-order valence-electron chi connectivity index (χ1n) is 5.48. The van der Waals surface area contributed by atoms with Gasteiger partial charge in [-0.2, -0.15) is 12.6 Å². The Labute approximate surface area is 101 Å². The van der Waals surface area contributed by atoms with Gasteiger partial charge in [-0.3, -0.25) is 4.79 Å². The van der Waals surface area contributed by atoms with Gasteiger partial charge in [0.15, 0.2) is 0 Å². The molecule has 0 aromatic heterocycles. The van der Waals surface area contributed by atoms with E-state index < -0.39 is 0 Å². The molecule has 0 atom stereocenters. The van der Waals surface area contributed by atoms with Gasteiger partial charge in [0.2, 0.25) is 5.91 Å². The Bertz CT molecular complexity index is 406. The average molecular weight is 236 g/mol. The van der Waals surface area contributed by atoms with Gasteiger partial charge in [-0.1, -0.05) is 0 Å². The van der Waals surface area contributed by atoms with Crippen molar-refractivity contribution in [2.45, 2.75) is 12.8 Å². The number of rotatable bonds is 4. The van der Waals surface area contributed by atoms with Crippen molar-refractivity contribution in [3.63, 3.8) is 0 Å². The lowest BCUT2D eigenvalue weighted by Gasteiger charge is -2.17. The largest absolute Gasteiger partial charge is 0.388 e. The molecule has 0 spiro atoms. The number of hydrogen-bond acceptors (Lipinski definition) is 3. The molecule has 1 aliphatic heterocycles. The molecule has 0 radical (unpaired) electrons. The first-order valence-corrected chi connectivity index (χ1v) is 6.11. The van der Waals surface area contributed by atoms with Crippen LogP contribution >= 0.6 is 12.6 Å². The summed E-state index contributed by atoms with van der Waals surface area (Å²) in [6, 6.07) is 6.07. The van der Waals surface area contributed by atoms with E-state index in [9.17, 15) is 4.79 Å². The van der Waals surface area contributed by atoms with Crippen molar-refractivity contribution in [2.75, 3.05) is 29.6 Å². The summed E-state index contributed by atoms with van der Waals surface area (Å²) >= 11 is 4.18. The lowest BCUT2D eigenvalue weighted by molar-refractivity contribution is -0.117. The van der Waals surface area contributed by atoms with E-state index in [1.165, 1.54) is 0 Å². The van der Waals surface area contributed by atoms with Crippen LogP contribution < -0.4 is 10.2 Å². The molecule has 0 aliphatic carbocycles. The number of nitrogens with one attached hydrogen (secondary N) is 1. The third-order valence-electron chi connectivity index (χ3n) is 2.84. The molecule has 2 rings (SSSR count). The van der Waals surface area contributed by atoms with Gasteiger partial charge < -0.3 is 10.2 Å². The van der Waals surface area contributed by atoms with Gasteiger partial charge in [0, 0.05) is 25.0 Å². The van der Waals surface area contributed by atoms with Crippen molar-refractivity contribution < 1.29 is 4.79 Å². The van der Waals surface area contributed by atoms with Gasteiger partial charge in [-0.25, -0.2) is 0 Å².